The van der Waals surface area contributed by atoms with Crippen molar-refractivity contribution < 1.29 is 4.52 Å². The van der Waals surface area contributed by atoms with Crippen molar-refractivity contribution in [3.63, 3.8) is 0 Å². The molecule has 0 amide bonds. The van der Waals surface area contributed by atoms with Crippen LogP contribution in [0.15, 0.2) is 59.3 Å². The molecule has 0 saturated carbocycles. The highest BCUT2D eigenvalue weighted by Gasteiger charge is 2.17. The van der Waals surface area contributed by atoms with E-state index in [0.29, 0.717) is 17.3 Å². The molecule has 5 nitrogen and oxygen atoms in total. The van der Waals surface area contributed by atoms with Gasteiger partial charge in [-0.25, -0.2) is 4.98 Å². The third-order valence-corrected chi connectivity index (χ3v) is 3.98. The summed E-state index contributed by atoms with van der Waals surface area (Å²) in [5.74, 6) is 1.58. The predicted molar refractivity (Wildman–Crippen MR) is 94.2 cm³/mol. The molecule has 4 rings (SSSR count). The van der Waals surface area contributed by atoms with Crippen LogP contribution < -0.4 is 5.32 Å². The molecule has 3 heterocycles. The van der Waals surface area contributed by atoms with Crippen LogP contribution in [0.4, 0.5) is 5.82 Å². The molecule has 0 fully saturated rings. The number of hydrogen-bond donors (Lipinski definition) is 1. The molecule has 0 unspecified atom stereocenters. The summed E-state index contributed by atoms with van der Waals surface area (Å²) in [4.78, 5) is 4.67. The van der Waals surface area contributed by atoms with E-state index in [1.54, 1.807) is 0 Å². The summed E-state index contributed by atoms with van der Waals surface area (Å²) >= 11 is 6.16. The lowest BCUT2D eigenvalue weighted by Crippen LogP contribution is -2.03. The van der Waals surface area contributed by atoms with E-state index in [4.69, 9.17) is 16.1 Å². The number of anilines is 1. The Labute approximate surface area is 143 Å². The number of rotatable bonds is 4. The van der Waals surface area contributed by atoms with Crippen molar-refractivity contribution in [1.82, 2.24) is 14.5 Å². The average molecular weight is 339 g/mol. The molecule has 0 spiro atoms. The predicted octanol–water partition coefficient (Wildman–Crippen LogP) is 4.56. The number of halogens is 1. The molecular weight excluding hydrogens is 324 g/mol. The minimum absolute atomic E-state index is 0.644. The molecule has 0 atom stereocenters. The molecular formula is C18H15ClN4O. The Morgan fingerprint density at radius 3 is 2.75 bits per heavy atom. The highest BCUT2D eigenvalue weighted by molar-refractivity contribution is 6.30. The molecule has 1 N–H and O–H groups in total. The van der Waals surface area contributed by atoms with Gasteiger partial charge in [0.1, 0.15) is 28.6 Å². The number of fused-ring (bicyclic) bond motifs is 1. The summed E-state index contributed by atoms with van der Waals surface area (Å²) in [6, 6.07) is 15.8. The smallest absolute Gasteiger partial charge is 0.140 e. The van der Waals surface area contributed by atoms with E-state index in [-0.39, 0.29) is 0 Å². The largest absolute Gasteiger partial charge is 0.365 e. The Morgan fingerprint density at radius 1 is 1.17 bits per heavy atom. The number of benzene rings is 1. The quantitative estimate of drug-likeness (QED) is 0.592. The lowest BCUT2D eigenvalue weighted by atomic mass is 10.2. The second-order valence-corrected chi connectivity index (χ2v) is 5.98. The summed E-state index contributed by atoms with van der Waals surface area (Å²) in [7, 11) is 0. The number of hydrogen-bond acceptors (Lipinski definition) is 4. The van der Waals surface area contributed by atoms with Gasteiger partial charge in [-0.1, -0.05) is 47.1 Å². The van der Waals surface area contributed by atoms with Gasteiger partial charge in [-0.15, -0.1) is 0 Å². The van der Waals surface area contributed by atoms with Crippen molar-refractivity contribution in [3.8, 4) is 11.4 Å². The molecule has 6 heteroatoms. The van der Waals surface area contributed by atoms with Crippen LogP contribution >= 0.6 is 11.6 Å². The Kier molecular flexibility index (Phi) is 3.70. The second-order valence-electron chi connectivity index (χ2n) is 5.55. The normalized spacial score (nSPS) is 11.1. The van der Waals surface area contributed by atoms with E-state index in [1.165, 1.54) is 5.56 Å². The van der Waals surface area contributed by atoms with Gasteiger partial charge < -0.3 is 9.84 Å². The van der Waals surface area contributed by atoms with E-state index < -0.39 is 0 Å². The number of aryl methyl sites for hydroxylation is 1. The molecule has 0 aliphatic rings. The molecule has 0 bridgehead atoms. The first-order valence-electron chi connectivity index (χ1n) is 7.60. The maximum atomic E-state index is 6.16. The zero-order valence-corrected chi connectivity index (χ0v) is 13.8. The fourth-order valence-electron chi connectivity index (χ4n) is 2.63. The van der Waals surface area contributed by atoms with E-state index in [2.05, 4.69) is 27.6 Å². The maximum Gasteiger partial charge on any atom is 0.140 e. The second kappa shape index (κ2) is 6.02. The molecule has 0 saturated heterocycles. The van der Waals surface area contributed by atoms with E-state index in [0.717, 1.165) is 22.9 Å². The van der Waals surface area contributed by atoms with Crippen LogP contribution in [0.25, 0.3) is 17.0 Å². The van der Waals surface area contributed by atoms with Crippen LogP contribution in [0.3, 0.4) is 0 Å². The van der Waals surface area contributed by atoms with Crippen molar-refractivity contribution in [2.75, 3.05) is 5.32 Å². The monoisotopic (exact) mass is 338 g/mol. The number of aromatic nitrogens is 3. The van der Waals surface area contributed by atoms with Crippen LogP contribution in [-0.4, -0.2) is 14.5 Å². The summed E-state index contributed by atoms with van der Waals surface area (Å²) in [6.45, 7) is 2.53. The first-order chi connectivity index (χ1) is 11.7. The van der Waals surface area contributed by atoms with Gasteiger partial charge in [0.05, 0.1) is 5.02 Å². The Bertz CT molecular complexity index is 991. The van der Waals surface area contributed by atoms with Gasteiger partial charge in [0.2, 0.25) is 0 Å². The zero-order valence-electron chi connectivity index (χ0n) is 13.0. The van der Waals surface area contributed by atoms with Gasteiger partial charge in [-0.3, -0.25) is 4.40 Å². The zero-order chi connectivity index (χ0) is 16.5. The number of nitrogens with zero attached hydrogens (tertiary/aromatic N) is 3. The SMILES string of the molecule is Cc1cc(-c2nc3ccc(Cl)cn3c2NCc2ccccc2)no1. The standard InChI is InChI=1S/C18H15ClN4O/c1-12-9-15(22-24-12)17-18(20-10-13-5-3-2-4-6-13)23-11-14(19)7-8-16(23)21-17/h2-9,11,20H,10H2,1H3. The minimum atomic E-state index is 0.644. The van der Waals surface area contributed by atoms with Crippen molar-refractivity contribution in [2.24, 2.45) is 0 Å². The van der Waals surface area contributed by atoms with Gasteiger partial charge in [-0.05, 0) is 24.6 Å². The van der Waals surface area contributed by atoms with Crippen LogP contribution in [0.1, 0.15) is 11.3 Å². The number of pyridine rings is 1. The van der Waals surface area contributed by atoms with Crippen molar-refractivity contribution >= 4 is 23.1 Å². The highest BCUT2D eigenvalue weighted by Crippen LogP contribution is 2.29. The van der Waals surface area contributed by atoms with Crippen LogP contribution in [0.2, 0.25) is 5.02 Å². The molecule has 0 radical (unpaired) electrons. The lowest BCUT2D eigenvalue weighted by molar-refractivity contribution is 0.399. The van der Waals surface area contributed by atoms with Crippen molar-refractivity contribution in [2.45, 2.75) is 13.5 Å². The molecule has 0 aliphatic heterocycles. The van der Waals surface area contributed by atoms with E-state index in [1.807, 2.05) is 53.9 Å². The highest BCUT2D eigenvalue weighted by atomic mass is 35.5. The maximum absolute atomic E-state index is 6.16. The molecule has 24 heavy (non-hydrogen) atoms. The lowest BCUT2D eigenvalue weighted by Gasteiger charge is -2.08. The van der Waals surface area contributed by atoms with Crippen LogP contribution in [0.5, 0.6) is 0 Å². The first-order valence-corrected chi connectivity index (χ1v) is 7.97. The summed E-state index contributed by atoms with van der Waals surface area (Å²) in [6.07, 6.45) is 1.84. The fourth-order valence-corrected chi connectivity index (χ4v) is 2.79. The Hall–Kier alpha value is -2.79. The molecule has 1 aromatic carbocycles. The summed E-state index contributed by atoms with van der Waals surface area (Å²) in [5, 5.41) is 8.19. The van der Waals surface area contributed by atoms with Crippen molar-refractivity contribution in [1.29, 1.82) is 0 Å². The van der Waals surface area contributed by atoms with Gasteiger partial charge in [0, 0.05) is 18.8 Å². The van der Waals surface area contributed by atoms with Crippen LogP contribution in [-0.2, 0) is 6.54 Å². The van der Waals surface area contributed by atoms with Crippen LogP contribution in [0, 0.1) is 6.92 Å². The molecule has 3 aromatic heterocycles. The van der Waals surface area contributed by atoms with E-state index >= 15 is 0 Å². The Balaban J connectivity index is 1.79. The summed E-state index contributed by atoms with van der Waals surface area (Å²) < 4.78 is 7.14. The minimum Gasteiger partial charge on any atom is -0.365 e. The number of nitrogens with one attached hydrogen (secondary N) is 1. The molecule has 120 valence electrons. The van der Waals surface area contributed by atoms with Crippen molar-refractivity contribution in [3.05, 3.63) is 71.1 Å². The van der Waals surface area contributed by atoms with Gasteiger partial charge in [0.25, 0.3) is 0 Å². The van der Waals surface area contributed by atoms with E-state index in [9.17, 15) is 0 Å². The topological polar surface area (TPSA) is 55.4 Å². The van der Waals surface area contributed by atoms with Gasteiger partial charge in [0.15, 0.2) is 0 Å². The fraction of sp³-hybridized carbons (Fsp3) is 0.111. The first kappa shape index (κ1) is 14.8. The average Bonchev–Trinajstić information content (AvgIpc) is 3.17. The molecule has 4 aromatic rings. The number of imidazole rings is 1. The summed E-state index contributed by atoms with van der Waals surface area (Å²) in [5.41, 5.74) is 3.41. The van der Waals surface area contributed by atoms with Gasteiger partial charge >= 0.3 is 0 Å². The third-order valence-electron chi connectivity index (χ3n) is 3.76. The Morgan fingerprint density at radius 2 is 2.00 bits per heavy atom. The van der Waals surface area contributed by atoms with Gasteiger partial charge in [-0.2, -0.15) is 0 Å². The third kappa shape index (κ3) is 2.74. The molecule has 0 aliphatic carbocycles.